The van der Waals surface area contributed by atoms with Crippen molar-refractivity contribution in [1.82, 2.24) is 0 Å². The molecule has 0 heterocycles. The molecule has 0 bridgehead atoms. The largest absolute Gasteiger partial charge is 0.506 e. The van der Waals surface area contributed by atoms with Crippen LogP contribution >= 0.6 is 39.7 Å². The average Bonchev–Trinajstić information content (AvgIpc) is 3.29. The summed E-state index contributed by atoms with van der Waals surface area (Å²) in [5.74, 6) is -3.88. The zero-order valence-electron chi connectivity index (χ0n) is 34.9. The molecule has 66 heavy (non-hydrogen) atoms. The number of aromatic hydroxyl groups is 4. The zero-order chi connectivity index (χ0) is 47.2. The van der Waals surface area contributed by atoms with Crippen LogP contribution in [0.15, 0.2) is 146 Å². The Hall–Kier alpha value is -7.34. The third kappa shape index (κ3) is 10.3. The highest BCUT2D eigenvalue weighted by molar-refractivity contribution is 8.20. The van der Waals surface area contributed by atoms with Gasteiger partial charge >= 0.3 is 0 Å². The number of nitrogens with one attached hydrogen (secondary N) is 4. The third-order valence-electron chi connectivity index (χ3n) is 10.7. The van der Waals surface area contributed by atoms with Crippen LogP contribution in [0.4, 0.5) is 22.7 Å². The molecule has 8 aromatic carbocycles. The number of anilines is 4. The first-order valence-electron chi connectivity index (χ1n) is 19.9. The van der Waals surface area contributed by atoms with Crippen molar-refractivity contribution in [3.63, 3.8) is 0 Å². The van der Waals surface area contributed by atoms with Crippen molar-refractivity contribution >= 4 is 108 Å². The predicted molar refractivity (Wildman–Crippen MR) is 265 cm³/mol. The van der Waals surface area contributed by atoms with E-state index in [9.17, 15) is 39.6 Å². The van der Waals surface area contributed by atoms with Gasteiger partial charge in [0.1, 0.15) is 23.0 Å². The Morgan fingerprint density at radius 1 is 0.409 bits per heavy atom. The minimum Gasteiger partial charge on any atom is -0.506 e. The monoisotopic (exact) mass is 958 g/mol. The van der Waals surface area contributed by atoms with Gasteiger partial charge in [0, 0.05) is 22.3 Å². The highest BCUT2D eigenvalue weighted by Gasteiger charge is 2.25. The summed E-state index contributed by atoms with van der Waals surface area (Å²) in [5, 5.41) is 55.1. The van der Waals surface area contributed by atoms with Crippen molar-refractivity contribution in [2.75, 3.05) is 21.3 Å². The summed E-state index contributed by atoms with van der Waals surface area (Å²) >= 11 is 14.6. The molecule has 332 valence electrons. The van der Waals surface area contributed by atoms with Crippen LogP contribution in [0.2, 0.25) is 0 Å². The SMILES string of the molecule is Cc1c(C(=O)Nc2ccccc2O)cc2cc(C(=O)Nc3ccccc3O)ccc2c1-c1c(C)c(C(=O)Nc2ccccc2O)cc2cc(C(=O)Nc3ccccc3O)ccc12.ClP(Cl)Cl. The second kappa shape index (κ2) is 20.2. The number of phenols is 4. The lowest BCUT2D eigenvalue weighted by atomic mass is 9.83. The Kier molecular flexibility index (Phi) is 14.3. The summed E-state index contributed by atoms with van der Waals surface area (Å²) in [7, 11) is 0. The van der Waals surface area contributed by atoms with Crippen LogP contribution in [0.1, 0.15) is 52.6 Å². The van der Waals surface area contributed by atoms with Gasteiger partial charge in [-0.1, -0.05) is 94.4 Å². The van der Waals surface area contributed by atoms with E-state index in [1.807, 2.05) is 0 Å². The molecule has 0 atom stereocenters. The van der Waals surface area contributed by atoms with Crippen molar-refractivity contribution in [2.24, 2.45) is 0 Å². The summed E-state index contributed by atoms with van der Waals surface area (Å²) in [6.45, 7) is 3.53. The molecule has 0 spiro atoms. The van der Waals surface area contributed by atoms with Gasteiger partial charge in [0.25, 0.3) is 23.6 Å². The van der Waals surface area contributed by atoms with Crippen LogP contribution in [0.5, 0.6) is 23.0 Å². The van der Waals surface area contributed by atoms with Crippen molar-refractivity contribution in [3.05, 3.63) is 179 Å². The number of carbonyl (C=O) groups is 4. The van der Waals surface area contributed by atoms with E-state index in [1.165, 1.54) is 24.3 Å². The standard InChI is InChI=1S/C50H38N4O8.Cl3P/c1-27-35(49(61)53-39-13-5-9-17-43(39)57)25-31-23-29(47(59)51-37-11-3-7-15-41(37)55)19-21-33(31)45(27)46-28(2)36(50(62)54-40-14-6-10-18-44(40)58)26-32-24-30(20-22-34(32)46)48(60)52-38-12-4-8-16-42(38)56;1-4(2)3/h3-26,55-58H,1-2H3,(H,51,59)(H,52,60)(H,53,61)(H,54,62);. The number of amides is 4. The summed E-state index contributed by atoms with van der Waals surface area (Å²) in [4.78, 5) is 55.8. The van der Waals surface area contributed by atoms with Gasteiger partial charge in [0.2, 0.25) is 0 Å². The van der Waals surface area contributed by atoms with Crippen molar-refractivity contribution in [1.29, 1.82) is 0 Å². The van der Waals surface area contributed by atoms with Crippen LogP contribution in [-0.4, -0.2) is 44.1 Å². The van der Waals surface area contributed by atoms with Crippen molar-refractivity contribution in [2.45, 2.75) is 13.8 Å². The van der Waals surface area contributed by atoms with Crippen LogP contribution in [0, 0.1) is 13.8 Å². The Balaban J connectivity index is 0.00000156. The van der Waals surface area contributed by atoms with Gasteiger partial charge in [0.05, 0.1) is 22.7 Å². The molecule has 16 heteroatoms. The number of hydrogen-bond donors (Lipinski definition) is 8. The Bertz CT molecular complexity index is 3010. The lowest BCUT2D eigenvalue weighted by Crippen LogP contribution is -2.16. The molecular weight excluding hydrogens is 922 g/mol. The van der Waals surface area contributed by atoms with Crippen molar-refractivity contribution in [3.8, 4) is 34.1 Å². The van der Waals surface area contributed by atoms with E-state index in [2.05, 4.69) is 21.3 Å². The number of hydrogen-bond acceptors (Lipinski definition) is 8. The molecule has 0 saturated heterocycles. The molecule has 0 radical (unpaired) electrons. The zero-order valence-corrected chi connectivity index (χ0v) is 38.0. The van der Waals surface area contributed by atoms with Gasteiger partial charge in [-0.15, -0.1) is 0 Å². The van der Waals surface area contributed by atoms with E-state index >= 15 is 0 Å². The first-order chi connectivity index (χ1) is 31.6. The molecule has 8 rings (SSSR count). The molecule has 8 N–H and O–H groups in total. The Morgan fingerprint density at radius 2 is 0.682 bits per heavy atom. The highest BCUT2D eigenvalue weighted by atomic mass is 36.0. The topological polar surface area (TPSA) is 197 Å². The number of para-hydroxylation sites is 8. The first-order valence-corrected chi connectivity index (χ1v) is 24.0. The van der Waals surface area contributed by atoms with Gasteiger partial charge in [-0.05, 0) is 143 Å². The molecule has 8 aromatic rings. The normalized spacial score (nSPS) is 10.8. The van der Waals surface area contributed by atoms with E-state index < -0.39 is 29.6 Å². The molecule has 0 aliphatic heterocycles. The quantitative estimate of drug-likeness (QED) is 0.0516. The molecule has 0 fully saturated rings. The number of carbonyl (C=O) groups excluding carboxylic acids is 4. The average molecular weight is 960 g/mol. The number of halogens is 3. The molecule has 0 unspecified atom stereocenters. The van der Waals surface area contributed by atoms with Gasteiger partial charge in [-0.25, -0.2) is 0 Å². The Morgan fingerprint density at radius 3 is 0.970 bits per heavy atom. The molecule has 0 aromatic heterocycles. The van der Waals surface area contributed by atoms with E-state index in [1.54, 1.807) is 135 Å². The second-order valence-corrected chi connectivity index (χ2v) is 19.8. The maximum Gasteiger partial charge on any atom is 0.256 e. The van der Waals surface area contributed by atoms with E-state index in [0.717, 1.165) is 0 Å². The number of rotatable bonds is 9. The fourth-order valence-electron chi connectivity index (χ4n) is 7.50. The van der Waals surface area contributed by atoms with E-state index in [4.69, 9.17) is 33.7 Å². The van der Waals surface area contributed by atoms with E-state index in [-0.39, 0.29) is 68.0 Å². The number of phenolic OH excluding ortho intramolecular Hbond substituents is 4. The van der Waals surface area contributed by atoms with Gasteiger partial charge in [0.15, 0.2) is 5.98 Å². The lowest BCUT2D eigenvalue weighted by Gasteiger charge is -2.22. The molecule has 0 aliphatic carbocycles. The van der Waals surface area contributed by atoms with Crippen molar-refractivity contribution < 1.29 is 39.6 Å². The summed E-state index contributed by atoms with van der Waals surface area (Å²) in [5.41, 5.74) is 3.70. The molecule has 0 aliphatic rings. The van der Waals surface area contributed by atoms with Gasteiger partial charge in [-0.2, -0.15) is 0 Å². The van der Waals surface area contributed by atoms with Crippen LogP contribution in [0.25, 0.3) is 32.7 Å². The van der Waals surface area contributed by atoms with E-state index in [0.29, 0.717) is 43.8 Å². The van der Waals surface area contributed by atoms with Gasteiger partial charge in [-0.3, -0.25) is 19.2 Å². The first kappa shape index (κ1) is 46.6. The third-order valence-corrected chi connectivity index (χ3v) is 10.7. The summed E-state index contributed by atoms with van der Waals surface area (Å²) < 4.78 is 0. The number of benzene rings is 8. The fourth-order valence-corrected chi connectivity index (χ4v) is 7.50. The lowest BCUT2D eigenvalue weighted by molar-refractivity contribution is 0.101. The van der Waals surface area contributed by atoms with Gasteiger partial charge < -0.3 is 41.7 Å². The summed E-state index contributed by atoms with van der Waals surface area (Å²) in [6.07, 6.45) is 0. The molecule has 12 nitrogen and oxygen atoms in total. The second-order valence-electron chi connectivity index (χ2n) is 14.8. The highest BCUT2D eigenvalue weighted by Crippen LogP contribution is 2.51. The molecular formula is C50H38Cl3N4O8P. The predicted octanol–water partition coefficient (Wildman–Crippen LogP) is 13.0. The van der Waals surface area contributed by atoms with Crippen LogP contribution in [0.3, 0.4) is 0 Å². The maximum atomic E-state index is 14.3. The number of fused-ring (bicyclic) bond motifs is 2. The smallest absolute Gasteiger partial charge is 0.256 e. The fraction of sp³-hybridized carbons (Fsp3) is 0.0400. The summed E-state index contributed by atoms with van der Waals surface area (Å²) in [6, 6.07) is 38.5. The Labute approximate surface area is 393 Å². The minimum atomic E-state index is -1.20. The van der Waals surface area contributed by atoms with Crippen LogP contribution in [-0.2, 0) is 0 Å². The molecule has 4 amide bonds. The maximum absolute atomic E-state index is 14.3. The minimum absolute atomic E-state index is 0.115. The van der Waals surface area contributed by atoms with Crippen LogP contribution < -0.4 is 21.3 Å². The molecule has 0 saturated carbocycles.